The predicted molar refractivity (Wildman–Crippen MR) is 89.6 cm³/mol. The molecule has 0 saturated carbocycles. The van der Waals surface area contributed by atoms with Crippen LogP contribution in [0, 0.1) is 0 Å². The third kappa shape index (κ3) is 4.97. The van der Waals surface area contributed by atoms with E-state index in [9.17, 15) is 4.79 Å². The van der Waals surface area contributed by atoms with Crippen LogP contribution in [0.3, 0.4) is 0 Å². The maximum Gasteiger partial charge on any atom is 0.239 e. The maximum absolute atomic E-state index is 11.8. The number of anilines is 1. The van der Waals surface area contributed by atoms with Gasteiger partial charge in [0.05, 0.1) is 13.7 Å². The summed E-state index contributed by atoms with van der Waals surface area (Å²) >= 11 is 5.89. The van der Waals surface area contributed by atoms with Crippen LogP contribution in [0.15, 0.2) is 48.5 Å². The maximum atomic E-state index is 11.8. The number of carbonyl (C=O) groups excluding carboxylic acids is 1. The lowest BCUT2D eigenvalue weighted by molar-refractivity contribution is -0.119. The number of hydrogen-bond acceptors (Lipinski definition) is 3. The number of halogens is 1. The summed E-state index contributed by atoms with van der Waals surface area (Å²) < 4.78 is 5.28. The van der Waals surface area contributed by atoms with Gasteiger partial charge >= 0.3 is 0 Å². The third-order valence-corrected chi connectivity index (χ3v) is 3.42. The number of rotatable bonds is 7. The Hall–Kier alpha value is -2.20. The minimum absolute atomic E-state index is 0.0603. The highest BCUT2D eigenvalue weighted by atomic mass is 35.5. The molecular formula is C17H19ClN2O2. The van der Waals surface area contributed by atoms with E-state index in [1.54, 1.807) is 19.2 Å². The molecule has 2 aromatic rings. The van der Waals surface area contributed by atoms with Crippen LogP contribution in [0.5, 0.6) is 5.75 Å². The van der Waals surface area contributed by atoms with E-state index in [0.717, 1.165) is 23.4 Å². The Morgan fingerprint density at radius 1 is 1.18 bits per heavy atom. The first kappa shape index (κ1) is 16.2. The Bertz CT molecular complexity index is 632. The number of hydrogen-bond donors (Lipinski definition) is 2. The number of nitrogens with one attached hydrogen (secondary N) is 2. The molecule has 5 heteroatoms. The van der Waals surface area contributed by atoms with E-state index in [4.69, 9.17) is 16.3 Å². The Morgan fingerprint density at radius 3 is 2.77 bits per heavy atom. The summed E-state index contributed by atoms with van der Waals surface area (Å²) in [5.41, 5.74) is 1.90. The smallest absolute Gasteiger partial charge is 0.239 e. The molecule has 0 radical (unpaired) electrons. The van der Waals surface area contributed by atoms with Crippen molar-refractivity contribution in [1.29, 1.82) is 0 Å². The molecule has 4 nitrogen and oxygen atoms in total. The zero-order valence-electron chi connectivity index (χ0n) is 12.4. The molecule has 0 heterocycles. The Kier molecular flexibility index (Phi) is 6.10. The summed E-state index contributed by atoms with van der Waals surface area (Å²) in [6.07, 6.45) is 0.729. The van der Waals surface area contributed by atoms with Crippen LogP contribution in [-0.4, -0.2) is 26.1 Å². The number of amides is 1. The summed E-state index contributed by atoms with van der Waals surface area (Å²) in [4.78, 5) is 11.8. The van der Waals surface area contributed by atoms with E-state index in [2.05, 4.69) is 10.6 Å². The van der Waals surface area contributed by atoms with Gasteiger partial charge in [-0.3, -0.25) is 4.79 Å². The molecule has 0 aromatic heterocycles. The van der Waals surface area contributed by atoms with Gasteiger partial charge in [-0.15, -0.1) is 0 Å². The monoisotopic (exact) mass is 318 g/mol. The van der Waals surface area contributed by atoms with Gasteiger partial charge in [0.15, 0.2) is 0 Å². The molecule has 0 bridgehead atoms. The molecule has 1 amide bonds. The minimum Gasteiger partial charge on any atom is -0.496 e. The van der Waals surface area contributed by atoms with Crippen molar-refractivity contribution in [3.8, 4) is 5.75 Å². The fourth-order valence-electron chi connectivity index (χ4n) is 2.09. The molecule has 0 spiro atoms. The lowest BCUT2D eigenvalue weighted by Crippen LogP contribution is -2.31. The van der Waals surface area contributed by atoms with Crippen LogP contribution in [0.2, 0.25) is 5.02 Å². The van der Waals surface area contributed by atoms with Crippen molar-refractivity contribution in [2.75, 3.05) is 25.5 Å². The molecule has 0 saturated heterocycles. The van der Waals surface area contributed by atoms with Gasteiger partial charge in [-0.25, -0.2) is 0 Å². The van der Waals surface area contributed by atoms with Crippen LogP contribution in [0.4, 0.5) is 5.69 Å². The number of methoxy groups -OCH3 is 1. The van der Waals surface area contributed by atoms with Gasteiger partial charge < -0.3 is 15.4 Å². The van der Waals surface area contributed by atoms with Gasteiger partial charge in [-0.05, 0) is 36.2 Å². The van der Waals surface area contributed by atoms with Crippen LogP contribution in [0.1, 0.15) is 5.56 Å². The van der Waals surface area contributed by atoms with Crippen LogP contribution < -0.4 is 15.4 Å². The number of ether oxygens (including phenoxy) is 1. The summed E-state index contributed by atoms with van der Waals surface area (Å²) in [6.45, 7) is 0.780. The molecule has 0 aliphatic heterocycles. The topological polar surface area (TPSA) is 50.4 Å². The zero-order chi connectivity index (χ0) is 15.8. The van der Waals surface area contributed by atoms with E-state index in [-0.39, 0.29) is 12.5 Å². The number of para-hydroxylation sites is 1. The first-order chi connectivity index (χ1) is 10.7. The summed E-state index contributed by atoms with van der Waals surface area (Å²) in [6, 6.07) is 15.1. The molecule has 2 rings (SSSR count). The Balaban J connectivity index is 1.74. The van der Waals surface area contributed by atoms with Crippen molar-refractivity contribution >= 4 is 23.2 Å². The molecule has 0 atom stereocenters. The first-order valence-electron chi connectivity index (χ1n) is 7.07. The number of benzene rings is 2. The van der Waals surface area contributed by atoms with Gasteiger partial charge in [-0.1, -0.05) is 35.9 Å². The van der Waals surface area contributed by atoms with Crippen molar-refractivity contribution in [2.45, 2.75) is 6.42 Å². The fraction of sp³-hybridized carbons (Fsp3) is 0.235. The highest BCUT2D eigenvalue weighted by Crippen LogP contribution is 2.17. The second kappa shape index (κ2) is 8.29. The van der Waals surface area contributed by atoms with E-state index in [0.29, 0.717) is 11.6 Å². The van der Waals surface area contributed by atoms with Gasteiger partial charge in [0, 0.05) is 17.3 Å². The van der Waals surface area contributed by atoms with E-state index in [1.165, 1.54) is 0 Å². The van der Waals surface area contributed by atoms with Gasteiger partial charge in [0.1, 0.15) is 5.75 Å². The largest absolute Gasteiger partial charge is 0.496 e. The average molecular weight is 319 g/mol. The molecule has 2 aromatic carbocycles. The molecular weight excluding hydrogens is 300 g/mol. The summed E-state index contributed by atoms with van der Waals surface area (Å²) in [7, 11) is 1.65. The molecule has 0 aliphatic rings. The van der Waals surface area contributed by atoms with Crippen molar-refractivity contribution < 1.29 is 9.53 Å². The lowest BCUT2D eigenvalue weighted by Gasteiger charge is -2.10. The normalized spacial score (nSPS) is 10.1. The molecule has 2 N–H and O–H groups in total. The van der Waals surface area contributed by atoms with Crippen molar-refractivity contribution in [1.82, 2.24) is 5.32 Å². The van der Waals surface area contributed by atoms with Crippen LogP contribution in [0.25, 0.3) is 0 Å². The first-order valence-corrected chi connectivity index (χ1v) is 7.45. The van der Waals surface area contributed by atoms with Crippen LogP contribution >= 0.6 is 11.6 Å². The second-order valence-electron chi connectivity index (χ2n) is 4.78. The van der Waals surface area contributed by atoms with Gasteiger partial charge in [-0.2, -0.15) is 0 Å². The zero-order valence-corrected chi connectivity index (χ0v) is 13.2. The Morgan fingerprint density at radius 2 is 2.00 bits per heavy atom. The van der Waals surface area contributed by atoms with Crippen molar-refractivity contribution in [2.24, 2.45) is 0 Å². The summed E-state index contributed by atoms with van der Waals surface area (Å²) in [5, 5.41) is 6.55. The van der Waals surface area contributed by atoms with E-state index in [1.807, 2.05) is 36.4 Å². The average Bonchev–Trinajstić information content (AvgIpc) is 2.53. The summed E-state index contributed by atoms with van der Waals surface area (Å²) in [5.74, 6) is 0.781. The third-order valence-electron chi connectivity index (χ3n) is 3.19. The van der Waals surface area contributed by atoms with Crippen LogP contribution in [-0.2, 0) is 11.2 Å². The van der Waals surface area contributed by atoms with Crippen molar-refractivity contribution in [3.63, 3.8) is 0 Å². The molecule has 116 valence electrons. The van der Waals surface area contributed by atoms with E-state index >= 15 is 0 Å². The molecule has 0 fully saturated rings. The lowest BCUT2D eigenvalue weighted by atomic mass is 10.1. The Labute approximate surface area is 135 Å². The molecule has 22 heavy (non-hydrogen) atoms. The predicted octanol–water partition coefficient (Wildman–Crippen LogP) is 3.12. The molecule has 0 unspecified atom stereocenters. The van der Waals surface area contributed by atoms with E-state index < -0.39 is 0 Å². The van der Waals surface area contributed by atoms with Gasteiger partial charge in [0.25, 0.3) is 0 Å². The SMILES string of the molecule is COc1ccccc1CCNC(=O)CNc1cccc(Cl)c1. The quantitative estimate of drug-likeness (QED) is 0.824. The highest BCUT2D eigenvalue weighted by Gasteiger charge is 2.04. The standard InChI is InChI=1S/C17H19ClN2O2/c1-22-16-8-3-2-5-13(16)9-10-19-17(21)12-20-15-7-4-6-14(18)11-15/h2-8,11,20H,9-10,12H2,1H3,(H,19,21). The molecule has 0 aliphatic carbocycles. The number of carbonyl (C=O) groups is 1. The fourth-order valence-corrected chi connectivity index (χ4v) is 2.28. The van der Waals surface area contributed by atoms with Gasteiger partial charge in [0.2, 0.25) is 5.91 Å². The van der Waals surface area contributed by atoms with Crippen molar-refractivity contribution in [3.05, 3.63) is 59.1 Å². The minimum atomic E-state index is -0.0603. The second-order valence-corrected chi connectivity index (χ2v) is 5.21. The highest BCUT2D eigenvalue weighted by molar-refractivity contribution is 6.30.